The number of hydrogen-bond donors (Lipinski definition) is 2. The van der Waals surface area contributed by atoms with Gasteiger partial charge < -0.3 is 15.2 Å². The van der Waals surface area contributed by atoms with E-state index in [-0.39, 0.29) is 0 Å². The van der Waals surface area contributed by atoms with Gasteiger partial charge in [0, 0.05) is 6.08 Å². The first-order chi connectivity index (χ1) is 9.60. The molecule has 0 aliphatic heterocycles. The van der Waals surface area contributed by atoms with Gasteiger partial charge in [0.25, 0.3) is 0 Å². The number of nitrogens with one attached hydrogen (secondary N) is 1. The fourth-order valence-corrected chi connectivity index (χ4v) is 1.58. The number of aliphatic hydroxyl groups is 1. The maximum absolute atomic E-state index is 11.6. The average Bonchev–Trinajstić information content (AvgIpc) is 2.50. The first kappa shape index (κ1) is 15.9. The van der Waals surface area contributed by atoms with Crippen molar-refractivity contribution in [2.45, 2.75) is 19.4 Å². The summed E-state index contributed by atoms with van der Waals surface area (Å²) in [6.45, 7) is 1.57. The Morgan fingerprint density at radius 1 is 1.35 bits per heavy atom. The second-order valence-electron chi connectivity index (χ2n) is 4.20. The molecule has 5 heteroatoms. The molecule has 20 heavy (non-hydrogen) atoms. The standard InChI is InChI=1S/C15H19NO4/c1-3-11-4-6-12(7-5-11)8-9-14(18)16-13(10-17)15(19)20-2/h4-9,13,17H,3,10H2,1-2H3,(H,16,18)/b9-8+/t13-/m1/s1. The van der Waals surface area contributed by atoms with Gasteiger partial charge in [-0.05, 0) is 23.6 Å². The molecule has 0 saturated carbocycles. The molecule has 0 spiro atoms. The predicted molar refractivity (Wildman–Crippen MR) is 75.9 cm³/mol. The maximum Gasteiger partial charge on any atom is 0.330 e. The molecule has 1 aromatic rings. The third kappa shape index (κ3) is 4.85. The molecule has 0 aromatic heterocycles. The van der Waals surface area contributed by atoms with Crippen molar-refractivity contribution in [3.8, 4) is 0 Å². The van der Waals surface area contributed by atoms with Crippen molar-refractivity contribution in [1.82, 2.24) is 5.32 Å². The van der Waals surface area contributed by atoms with Gasteiger partial charge in [-0.1, -0.05) is 31.2 Å². The fraction of sp³-hybridized carbons (Fsp3) is 0.333. The number of carbonyl (C=O) groups excluding carboxylic acids is 2. The summed E-state index contributed by atoms with van der Waals surface area (Å²) in [4.78, 5) is 22.8. The Hall–Kier alpha value is -2.14. The zero-order valence-electron chi connectivity index (χ0n) is 11.6. The zero-order chi connectivity index (χ0) is 15.0. The molecule has 1 atom stereocenters. The van der Waals surface area contributed by atoms with Crippen LogP contribution in [0.2, 0.25) is 0 Å². The van der Waals surface area contributed by atoms with E-state index in [0.717, 1.165) is 12.0 Å². The molecule has 0 aliphatic rings. The number of hydrogen-bond acceptors (Lipinski definition) is 4. The van der Waals surface area contributed by atoms with Gasteiger partial charge in [-0.2, -0.15) is 0 Å². The molecular formula is C15H19NO4. The van der Waals surface area contributed by atoms with Crippen LogP contribution in [-0.4, -0.2) is 36.7 Å². The summed E-state index contributed by atoms with van der Waals surface area (Å²) in [5, 5.41) is 11.3. The van der Waals surface area contributed by atoms with Gasteiger partial charge in [0.1, 0.15) is 0 Å². The van der Waals surface area contributed by atoms with Gasteiger partial charge >= 0.3 is 5.97 Å². The molecule has 0 heterocycles. The molecule has 108 valence electrons. The van der Waals surface area contributed by atoms with E-state index in [1.165, 1.54) is 18.7 Å². The molecule has 0 radical (unpaired) electrons. The topological polar surface area (TPSA) is 75.6 Å². The van der Waals surface area contributed by atoms with Crippen LogP contribution in [0.1, 0.15) is 18.1 Å². The summed E-state index contributed by atoms with van der Waals surface area (Å²) < 4.78 is 4.45. The summed E-state index contributed by atoms with van der Waals surface area (Å²) >= 11 is 0. The van der Waals surface area contributed by atoms with E-state index in [2.05, 4.69) is 17.0 Å². The smallest absolute Gasteiger partial charge is 0.330 e. The molecule has 0 bridgehead atoms. The molecule has 0 fully saturated rings. The van der Waals surface area contributed by atoms with Crippen LogP contribution < -0.4 is 5.32 Å². The van der Waals surface area contributed by atoms with Crippen LogP contribution in [0.15, 0.2) is 30.3 Å². The summed E-state index contributed by atoms with van der Waals surface area (Å²) in [5.41, 5.74) is 2.11. The predicted octanol–water partition coefficient (Wildman–Crippen LogP) is 0.912. The normalized spacial score (nSPS) is 12.2. The lowest BCUT2D eigenvalue weighted by molar-refractivity contribution is -0.145. The molecular weight excluding hydrogens is 258 g/mol. The van der Waals surface area contributed by atoms with Crippen molar-refractivity contribution < 1.29 is 19.4 Å². The first-order valence-corrected chi connectivity index (χ1v) is 6.37. The molecule has 0 unspecified atom stereocenters. The van der Waals surface area contributed by atoms with E-state index in [0.29, 0.717) is 0 Å². The van der Waals surface area contributed by atoms with Gasteiger partial charge in [-0.25, -0.2) is 4.79 Å². The first-order valence-electron chi connectivity index (χ1n) is 6.37. The Morgan fingerprint density at radius 3 is 2.50 bits per heavy atom. The van der Waals surface area contributed by atoms with Gasteiger partial charge in [-0.15, -0.1) is 0 Å². The van der Waals surface area contributed by atoms with Crippen molar-refractivity contribution >= 4 is 18.0 Å². The molecule has 5 nitrogen and oxygen atoms in total. The Labute approximate surface area is 118 Å². The number of esters is 1. The van der Waals surface area contributed by atoms with Crippen LogP contribution in [0, 0.1) is 0 Å². The molecule has 1 amide bonds. The Balaban J connectivity index is 2.60. The number of benzene rings is 1. The number of amides is 1. The number of methoxy groups -OCH3 is 1. The van der Waals surface area contributed by atoms with Crippen LogP contribution in [-0.2, 0) is 20.7 Å². The number of rotatable bonds is 6. The quantitative estimate of drug-likeness (QED) is 0.598. The minimum atomic E-state index is -1.04. The van der Waals surface area contributed by atoms with E-state index in [1.54, 1.807) is 6.08 Å². The largest absolute Gasteiger partial charge is 0.467 e. The highest BCUT2D eigenvalue weighted by atomic mass is 16.5. The second-order valence-corrected chi connectivity index (χ2v) is 4.20. The molecule has 1 aromatic carbocycles. The van der Waals surface area contributed by atoms with E-state index >= 15 is 0 Å². The van der Waals surface area contributed by atoms with Crippen molar-refractivity contribution in [1.29, 1.82) is 0 Å². The number of aryl methyl sites for hydroxylation is 1. The van der Waals surface area contributed by atoms with Crippen LogP contribution >= 0.6 is 0 Å². The number of carbonyl (C=O) groups is 2. The van der Waals surface area contributed by atoms with Crippen molar-refractivity contribution in [2.75, 3.05) is 13.7 Å². The Bertz CT molecular complexity index is 479. The highest BCUT2D eigenvalue weighted by Crippen LogP contribution is 2.06. The third-order valence-corrected chi connectivity index (χ3v) is 2.80. The summed E-state index contributed by atoms with van der Waals surface area (Å²) in [6, 6.07) is 6.75. The zero-order valence-corrected chi connectivity index (χ0v) is 11.6. The van der Waals surface area contributed by atoms with Gasteiger partial charge in [0.15, 0.2) is 6.04 Å². The van der Waals surface area contributed by atoms with Crippen LogP contribution in [0.25, 0.3) is 6.08 Å². The second kappa shape index (κ2) is 8.12. The molecule has 2 N–H and O–H groups in total. The SMILES string of the molecule is CCc1ccc(/C=C/C(=O)N[C@H](CO)C(=O)OC)cc1. The number of aliphatic hydroxyl groups excluding tert-OH is 1. The third-order valence-electron chi connectivity index (χ3n) is 2.80. The molecule has 1 rings (SSSR count). The summed E-state index contributed by atoms with van der Waals surface area (Å²) in [6.07, 6.45) is 3.91. The van der Waals surface area contributed by atoms with E-state index in [9.17, 15) is 9.59 Å². The van der Waals surface area contributed by atoms with Crippen molar-refractivity contribution in [3.05, 3.63) is 41.5 Å². The van der Waals surface area contributed by atoms with Crippen molar-refractivity contribution in [3.63, 3.8) is 0 Å². The lowest BCUT2D eigenvalue weighted by Gasteiger charge is -2.11. The minimum absolute atomic E-state index is 0.464. The lowest BCUT2D eigenvalue weighted by Crippen LogP contribution is -2.43. The van der Waals surface area contributed by atoms with Crippen LogP contribution in [0.4, 0.5) is 0 Å². The lowest BCUT2D eigenvalue weighted by atomic mass is 10.1. The Morgan fingerprint density at radius 2 is 2.00 bits per heavy atom. The minimum Gasteiger partial charge on any atom is -0.467 e. The fourth-order valence-electron chi connectivity index (χ4n) is 1.58. The summed E-state index contributed by atoms with van der Waals surface area (Å²) in [5.74, 6) is -1.14. The summed E-state index contributed by atoms with van der Waals surface area (Å²) in [7, 11) is 1.20. The highest BCUT2D eigenvalue weighted by molar-refractivity contribution is 5.94. The maximum atomic E-state index is 11.6. The Kier molecular flexibility index (Phi) is 6.46. The number of ether oxygens (including phenoxy) is 1. The van der Waals surface area contributed by atoms with E-state index in [4.69, 9.17) is 5.11 Å². The van der Waals surface area contributed by atoms with Crippen LogP contribution in [0.3, 0.4) is 0 Å². The monoisotopic (exact) mass is 277 g/mol. The van der Waals surface area contributed by atoms with Gasteiger partial charge in [0.05, 0.1) is 13.7 Å². The van der Waals surface area contributed by atoms with Crippen molar-refractivity contribution in [2.24, 2.45) is 0 Å². The average molecular weight is 277 g/mol. The van der Waals surface area contributed by atoms with Gasteiger partial charge in [-0.3, -0.25) is 4.79 Å². The van der Waals surface area contributed by atoms with E-state index in [1.807, 2.05) is 24.3 Å². The van der Waals surface area contributed by atoms with Crippen LogP contribution in [0.5, 0.6) is 0 Å². The highest BCUT2D eigenvalue weighted by Gasteiger charge is 2.18. The molecule has 0 aliphatic carbocycles. The van der Waals surface area contributed by atoms with E-state index < -0.39 is 24.5 Å². The van der Waals surface area contributed by atoms with Gasteiger partial charge in [0.2, 0.25) is 5.91 Å². The molecule has 0 saturated heterocycles.